The van der Waals surface area contributed by atoms with Gasteiger partial charge in [0.25, 0.3) is 5.91 Å². The monoisotopic (exact) mass is 312 g/mol. The molecule has 6 nitrogen and oxygen atoms in total. The maximum Gasteiger partial charge on any atom is 0.321 e. The van der Waals surface area contributed by atoms with Crippen LogP contribution in [-0.4, -0.2) is 47.5 Å². The molecule has 1 aromatic heterocycles. The SMILES string of the molecule is CN1CC[C@H](CNC(=O)c2cccc(Oc3ncccn3)c2)C1. The van der Waals surface area contributed by atoms with Gasteiger partial charge in [-0.25, -0.2) is 9.97 Å². The second kappa shape index (κ2) is 7.19. The van der Waals surface area contributed by atoms with Crippen LogP contribution in [0.25, 0.3) is 0 Å². The first-order chi connectivity index (χ1) is 11.2. The van der Waals surface area contributed by atoms with Crippen LogP contribution in [0.15, 0.2) is 42.7 Å². The van der Waals surface area contributed by atoms with E-state index < -0.39 is 0 Å². The number of rotatable bonds is 5. The molecule has 3 rings (SSSR count). The quantitative estimate of drug-likeness (QED) is 0.914. The molecule has 6 heteroatoms. The van der Waals surface area contributed by atoms with E-state index in [1.807, 2.05) is 0 Å². The maximum atomic E-state index is 12.3. The molecule has 1 atom stereocenters. The lowest BCUT2D eigenvalue weighted by atomic mass is 10.1. The Balaban J connectivity index is 1.59. The number of nitrogens with zero attached hydrogens (tertiary/aromatic N) is 3. The fourth-order valence-corrected chi connectivity index (χ4v) is 2.68. The molecule has 2 aromatic rings. The van der Waals surface area contributed by atoms with Crippen LogP contribution < -0.4 is 10.1 Å². The number of nitrogens with one attached hydrogen (secondary N) is 1. The van der Waals surface area contributed by atoms with Crippen molar-refractivity contribution >= 4 is 5.91 Å². The number of carbonyl (C=O) groups excluding carboxylic acids is 1. The molecule has 2 heterocycles. The lowest BCUT2D eigenvalue weighted by molar-refractivity contribution is 0.0947. The maximum absolute atomic E-state index is 12.3. The molecule has 1 saturated heterocycles. The molecule has 1 aromatic carbocycles. The van der Waals surface area contributed by atoms with Gasteiger partial charge < -0.3 is 15.0 Å². The van der Waals surface area contributed by atoms with Crippen molar-refractivity contribution in [1.29, 1.82) is 0 Å². The Morgan fingerprint density at radius 2 is 2.17 bits per heavy atom. The van der Waals surface area contributed by atoms with Crippen LogP contribution in [0.3, 0.4) is 0 Å². The first-order valence-corrected chi connectivity index (χ1v) is 7.72. The summed E-state index contributed by atoms with van der Waals surface area (Å²) in [6, 6.07) is 9.02. The molecular formula is C17H20N4O2. The molecule has 1 fully saturated rings. The number of hydrogen-bond acceptors (Lipinski definition) is 5. The van der Waals surface area contributed by atoms with Crippen LogP contribution in [-0.2, 0) is 0 Å². The standard InChI is InChI=1S/C17H20N4O2/c1-21-9-6-13(12-21)11-20-16(22)14-4-2-5-15(10-14)23-17-18-7-3-8-19-17/h2-5,7-8,10,13H,6,9,11-12H2,1H3,(H,20,22)/t13-/m1/s1. The van der Waals surface area contributed by atoms with E-state index >= 15 is 0 Å². The van der Waals surface area contributed by atoms with E-state index in [4.69, 9.17) is 4.74 Å². The predicted molar refractivity (Wildman–Crippen MR) is 86.5 cm³/mol. The minimum atomic E-state index is -0.0843. The van der Waals surface area contributed by atoms with Crippen LogP contribution in [0.2, 0.25) is 0 Å². The molecule has 0 bridgehead atoms. The molecule has 0 saturated carbocycles. The van der Waals surface area contributed by atoms with Crippen LogP contribution in [0.4, 0.5) is 0 Å². The zero-order chi connectivity index (χ0) is 16.1. The number of hydrogen-bond donors (Lipinski definition) is 1. The number of ether oxygens (including phenoxy) is 1. The van der Waals surface area contributed by atoms with Crippen LogP contribution in [0.5, 0.6) is 11.8 Å². The van der Waals surface area contributed by atoms with Gasteiger partial charge in [-0.05, 0) is 50.2 Å². The Morgan fingerprint density at radius 1 is 1.35 bits per heavy atom. The number of aromatic nitrogens is 2. The fraction of sp³-hybridized carbons (Fsp3) is 0.353. The molecule has 1 aliphatic heterocycles. The van der Waals surface area contributed by atoms with Gasteiger partial charge in [-0.2, -0.15) is 0 Å². The Hall–Kier alpha value is -2.47. The van der Waals surface area contributed by atoms with Crippen molar-refractivity contribution in [2.45, 2.75) is 6.42 Å². The first kappa shape index (κ1) is 15.4. The summed E-state index contributed by atoms with van der Waals surface area (Å²) in [6.45, 7) is 2.84. The zero-order valence-electron chi connectivity index (χ0n) is 13.1. The molecule has 0 radical (unpaired) electrons. The summed E-state index contributed by atoms with van der Waals surface area (Å²) in [7, 11) is 2.11. The zero-order valence-corrected chi connectivity index (χ0v) is 13.1. The Kier molecular flexibility index (Phi) is 4.83. The second-order valence-electron chi connectivity index (χ2n) is 5.79. The summed E-state index contributed by atoms with van der Waals surface area (Å²) in [5.41, 5.74) is 0.574. The average molecular weight is 312 g/mol. The summed E-state index contributed by atoms with van der Waals surface area (Å²) in [6.07, 6.45) is 4.35. The van der Waals surface area contributed by atoms with Crippen molar-refractivity contribution in [2.24, 2.45) is 5.92 Å². The van der Waals surface area contributed by atoms with Gasteiger partial charge in [0.05, 0.1) is 0 Å². The number of carbonyl (C=O) groups is 1. The van der Waals surface area contributed by atoms with Crippen molar-refractivity contribution in [2.75, 3.05) is 26.7 Å². The molecule has 0 unspecified atom stereocenters. The highest BCUT2D eigenvalue weighted by atomic mass is 16.5. The summed E-state index contributed by atoms with van der Waals surface area (Å²) in [4.78, 5) is 22.6. The molecule has 23 heavy (non-hydrogen) atoms. The first-order valence-electron chi connectivity index (χ1n) is 7.72. The normalized spacial score (nSPS) is 17.9. The summed E-state index contributed by atoms with van der Waals surface area (Å²) < 4.78 is 5.55. The summed E-state index contributed by atoms with van der Waals surface area (Å²) in [5.74, 6) is 0.990. The van der Waals surface area contributed by atoms with Crippen molar-refractivity contribution in [1.82, 2.24) is 20.2 Å². The topological polar surface area (TPSA) is 67.4 Å². The minimum Gasteiger partial charge on any atom is -0.424 e. The Morgan fingerprint density at radius 3 is 2.91 bits per heavy atom. The van der Waals surface area contributed by atoms with E-state index in [-0.39, 0.29) is 11.9 Å². The highest BCUT2D eigenvalue weighted by molar-refractivity contribution is 5.94. The third-order valence-corrected chi connectivity index (χ3v) is 3.89. The van der Waals surface area contributed by atoms with Gasteiger partial charge in [-0.1, -0.05) is 6.07 Å². The highest BCUT2D eigenvalue weighted by Crippen LogP contribution is 2.19. The van der Waals surface area contributed by atoms with E-state index in [9.17, 15) is 4.79 Å². The average Bonchev–Trinajstić information content (AvgIpc) is 2.99. The minimum absolute atomic E-state index is 0.0843. The van der Waals surface area contributed by atoms with Crippen LogP contribution in [0.1, 0.15) is 16.8 Å². The largest absolute Gasteiger partial charge is 0.424 e. The van der Waals surface area contributed by atoms with Gasteiger partial charge in [0, 0.05) is 31.0 Å². The third kappa shape index (κ3) is 4.26. The van der Waals surface area contributed by atoms with Crippen molar-refractivity contribution in [3.05, 3.63) is 48.3 Å². The van der Waals surface area contributed by atoms with Gasteiger partial charge >= 0.3 is 6.01 Å². The summed E-state index contributed by atoms with van der Waals surface area (Å²) in [5, 5.41) is 3.00. The van der Waals surface area contributed by atoms with Gasteiger partial charge in [0.1, 0.15) is 5.75 Å². The van der Waals surface area contributed by atoms with Gasteiger partial charge in [-0.15, -0.1) is 0 Å². The van der Waals surface area contributed by atoms with Crippen LogP contribution >= 0.6 is 0 Å². The van der Waals surface area contributed by atoms with E-state index in [0.29, 0.717) is 23.8 Å². The van der Waals surface area contributed by atoms with Crippen molar-refractivity contribution in [3.63, 3.8) is 0 Å². The van der Waals surface area contributed by atoms with E-state index in [1.54, 1.807) is 42.7 Å². The summed E-state index contributed by atoms with van der Waals surface area (Å²) >= 11 is 0. The Bertz CT molecular complexity index is 663. The van der Waals surface area contributed by atoms with Gasteiger partial charge in [0.15, 0.2) is 0 Å². The van der Waals surface area contributed by atoms with E-state index in [0.717, 1.165) is 19.5 Å². The molecule has 1 amide bonds. The number of benzene rings is 1. The van der Waals surface area contributed by atoms with E-state index in [1.165, 1.54) is 0 Å². The predicted octanol–water partition coefficient (Wildman–Crippen LogP) is 1.95. The highest BCUT2D eigenvalue weighted by Gasteiger charge is 2.20. The molecule has 1 aliphatic rings. The van der Waals surface area contributed by atoms with E-state index in [2.05, 4.69) is 27.2 Å². The lowest BCUT2D eigenvalue weighted by Gasteiger charge is -2.12. The number of likely N-dealkylation sites (tertiary alicyclic amines) is 1. The third-order valence-electron chi connectivity index (χ3n) is 3.89. The van der Waals surface area contributed by atoms with Crippen LogP contribution in [0, 0.1) is 5.92 Å². The fourth-order valence-electron chi connectivity index (χ4n) is 2.68. The molecule has 0 aliphatic carbocycles. The molecular weight excluding hydrogens is 292 g/mol. The van der Waals surface area contributed by atoms with Crippen molar-refractivity contribution < 1.29 is 9.53 Å². The molecule has 1 N–H and O–H groups in total. The molecule has 0 spiro atoms. The Labute approximate surface area is 135 Å². The molecule has 120 valence electrons. The number of amides is 1. The van der Waals surface area contributed by atoms with Gasteiger partial charge in [0.2, 0.25) is 0 Å². The van der Waals surface area contributed by atoms with Crippen molar-refractivity contribution in [3.8, 4) is 11.8 Å². The smallest absolute Gasteiger partial charge is 0.321 e. The lowest BCUT2D eigenvalue weighted by Crippen LogP contribution is -2.30. The second-order valence-corrected chi connectivity index (χ2v) is 5.79. The van der Waals surface area contributed by atoms with Gasteiger partial charge in [-0.3, -0.25) is 4.79 Å².